The molecule has 1 heterocycles. The Labute approximate surface area is 76.1 Å². The van der Waals surface area contributed by atoms with Crippen molar-refractivity contribution >= 4 is 0 Å². The second kappa shape index (κ2) is 2.39. The lowest BCUT2D eigenvalue weighted by molar-refractivity contribution is 0.305. The van der Waals surface area contributed by atoms with Crippen LogP contribution in [0.4, 0.5) is 0 Å². The molecule has 2 aliphatic rings. The van der Waals surface area contributed by atoms with E-state index in [-0.39, 0.29) is 0 Å². The van der Waals surface area contributed by atoms with E-state index in [4.69, 9.17) is 9.47 Å². The van der Waals surface area contributed by atoms with Crippen LogP contribution in [-0.4, -0.2) is 0 Å². The van der Waals surface area contributed by atoms with Gasteiger partial charge in [-0.25, -0.2) is 0 Å². The third-order valence-electron chi connectivity index (χ3n) is 2.15. The average molecular weight is 172 g/mol. The van der Waals surface area contributed by atoms with Gasteiger partial charge in [0.1, 0.15) is 0 Å². The largest absolute Gasteiger partial charge is 0.454 e. The van der Waals surface area contributed by atoms with Crippen molar-refractivity contribution < 1.29 is 9.47 Å². The molecular weight excluding hydrogens is 164 g/mol. The van der Waals surface area contributed by atoms with Crippen LogP contribution in [0, 0.1) is 0 Å². The van der Waals surface area contributed by atoms with Gasteiger partial charge in [-0.15, -0.1) is 0 Å². The number of ether oxygens (including phenoxy) is 2. The third kappa shape index (κ3) is 0.952. The minimum atomic E-state index is 0.799. The van der Waals surface area contributed by atoms with Gasteiger partial charge in [-0.05, 0) is 18.2 Å². The number of hydrogen-bond acceptors (Lipinski definition) is 2. The van der Waals surface area contributed by atoms with Crippen LogP contribution in [0.2, 0.25) is 0 Å². The van der Waals surface area contributed by atoms with E-state index in [9.17, 15) is 0 Å². The Bertz CT molecular complexity index is 416. The lowest BCUT2D eigenvalue weighted by Gasteiger charge is -2.18. The fourth-order valence-corrected chi connectivity index (χ4v) is 1.52. The second-order valence-electron chi connectivity index (χ2n) is 3.04. The van der Waals surface area contributed by atoms with Crippen LogP contribution in [0.25, 0.3) is 0 Å². The van der Waals surface area contributed by atoms with Gasteiger partial charge in [0.05, 0.1) is 0 Å². The first-order valence-corrected chi connectivity index (χ1v) is 4.28. The molecule has 0 radical (unpaired) electrons. The van der Waals surface area contributed by atoms with Gasteiger partial charge in [0.25, 0.3) is 0 Å². The molecule has 0 saturated heterocycles. The molecule has 1 aromatic rings. The molecule has 1 aliphatic heterocycles. The fourth-order valence-electron chi connectivity index (χ4n) is 1.52. The van der Waals surface area contributed by atoms with Crippen molar-refractivity contribution in [1.82, 2.24) is 0 Å². The van der Waals surface area contributed by atoms with Crippen molar-refractivity contribution in [1.29, 1.82) is 0 Å². The average Bonchev–Trinajstić information content (AvgIpc) is 2.61. The van der Waals surface area contributed by atoms with Crippen LogP contribution in [0.15, 0.2) is 47.9 Å². The van der Waals surface area contributed by atoms with Crippen LogP contribution in [0.3, 0.4) is 0 Å². The Kier molecular flexibility index (Phi) is 1.25. The summed E-state index contributed by atoms with van der Waals surface area (Å²) in [5.41, 5.74) is 0. The van der Waals surface area contributed by atoms with Crippen LogP contribution in [0.1, 0.15) is 6.42 Å². The zero-order valence-electron chi connectivity index (χ0n) is 6.99. The van der Waals surface area contributed by atoms with E-state index >= 15 is 0 Å². The highest BCUT2D eigenvalue weighted by atomic mass is 16.6. The molecule has 0 fully saturated rings. The fraction of sp³-hybridized carbons (Fsp3) is 0.0909. The Morgan fingerprint density at radius 2 is 1.77 bits per heavy atom. The summed E-state index contributed by atoms with van der Waals surface area (Å²) in [6, 6.07) is 7.70. The molecule has 0 N–H and O–H groups in total. The quantitative estimate of drug-likeness (QED) is 0.599. The van der Waals surface area contributed by atoms with Gasteiger partial charge in [-0.2, -0.15) is 0 Å². The van der Waals surface area contributed by atoms with E-state index in [0.29, 0.717) is 0 Å². The number of para-hydroxylation sites is 2. The predicted molar refractivity (Wildman–Crippen MR) is 48.5 cm³/mol. The van der Waals surface area contributed by atoms with E-state index in [1.807, 2.05) is 36.4 Å². The highest BCUT2D eigenvalue weighted by Crippen LogP contribution is 2.37. The molecule has 0 spiro atoms. The van der Waals surface area contributed by atoms with Crippen LogP contribution < -0.4 is 9.47 Å². The standard InChI is InChI=1S/C11H8O2/c1-2-5-9-8(4-1)12-10-6-3-7-11(10)13-9/h1-6H,7H2. The molecule has 1 aromatic carbocycles. The second-order valence-corrected chi connectivity index (χ2v) is 3.04. The van der Waals surface area contributed by atoms with Crippen molar-refractivity contribution in [2.45, 2.75) is 6.42 Å². The number of rotatable bonds is 0. The predicted octanol–water partition coefficient (Wildman–Crippen LogP) is 2.63. The molecule has 0 amide bonds. The van der Waals surface area contributed by atoms with Crippen molar-refractivity contribution in [3.8, 4) is 11.5 Å². The van der Waals surface area contributed by atoms with Crippen molar-refractivity contribution in [2.75, 3.05) is 0 Å². The highest BCUT2D eigenvalue weighted by molar-refractivity contribution is 5.47. The van der Waals surface area contributed by atoms with E-state index in [1.54, 1.807) is 0 Å². The van der Waals surface area contributed by atoms with Crippen molar-refractivity contribution in [2.24, 2.45) is 0 Å². The van der Waals surface area contributed by atoms with Gasteiger partial charge in [-0.3, -0.25) is 0 Å². The lowest BCUT2D eigenvalue weighted by Crippen LogP contribution is -2.07. The maximum absolute atomic E-state index is 5.65. The maximum atomic E-state index is 5.65. The first-order valence-electron chi connectivity index (χ1n) is 4.28. The van der Waals surface area contributed by atoms with Crippen molar-refractivity contribution in [3.05, 3.63) is 47.9 Å². The molecule has 3 rings (SSSR count). The normalized spacial score (nSPS) is 17.5. The van der Waals surface area contributed by atoms with E-state index in [1.165, 1.54) is 0 Å². The Morgan fingerprint density at radius 1 is 1.00 bits per heavy atom. The van der Waals surface area contributed by atoms with Gasteiger partial charge < -0.3 is 9.47 Å². The molecule has 1 aliphatic carbocycles. The Morgan fingerprint density at radius 3 is 2.62 bits per heavy atom. The van der Waals surface area contributed by atoms with Crippen molar-refractivity contribution in [3.63, 3.8) is 0 Å². The number of hydrogen-bond donors (Lipinski definition) is 0. The zero-order valence-corrected chi connectivity index (χ0v) is 6.99. The summed E-state index contributed by atoms with van der Waals surface area (Å²) in [4.78, 5) is 0. The molecular formula is C11H8O2. The Balaban J connectivity index is 2.07. The molecule has 2 heteroatoms. The van der Waals surface area contributed by atoms with Gasteiger partial charge in [-0.1, -0.05) is 18.2 Å². The minimum Gasteiger partial charge on any atom is -0.454 e. The summed E-state index contributed by atoms with van der Waals surface area (Å²) >= 11 is 0. The minimum absolute atomic E-state index is 0.799. The lowest BCUT2D eigenvalue weighted by atomic mass is 10.3. The monoisotopic (exact) mass is 172 g/mol. The van der Waals surface area contributed by atoms with Crippen LogP contribution in [0.5, 0.6) is 11.5 Å². The summed E-state index contributed by atoms with van der Waals surface area (Å²) in [5, 5.41) is 0. The Hall–Kier alpha value is -1.70. The summed E-state index contributed by atoms with van der Waals surface area (Å²) in [7, 11) is 0. The molecule has 2 nitrogen and oxygen atoms in total. The van der Waals surface area contributed by atoms with Gasteiger partial charge in [0.15, 0.2) is 23.0 Å². The van der Waals surface area contributed by atoms with Gasteiger partial charge >= 0.3 is 0 Å². The topological polar surface area (TPSA) is 18.5 Å². The van der Waals surface area contributed by atoms with E-state index < -0.39 is 0 Å². The zero-order chi connectivity index (χ0) is 8.67. The molecule has 0 unspecified atom stereocenters. The van der Waals surface area contributed by atoms with Crippen LogP contribution in [-0.2, 0) is 0 Å². The number of fused-ring (bicyclic) bond motifs is 1. The third-order valence-corrected chi connectivity index (χ3v) is 2.15. The SMILES string of the molecule is C1=CC2=C(C1)Oc1ccccc1O2. The molecule has 0 aromatic heterocycles. The number of benzene rings is 1. The summed E-state index contributed by atoms with van der Waals surface area (Å²) in [6.07, 6.45) is 4.82. The summed E-state index contributed by atoms with van der Waals surface area (Å²) < 4.78 is 11.3. The molecule has 0 bridgehead atoms. The highest BCUT2D eigenvalue weighted by Gasteiger charge is 2.21. The summed E-state index contributed by atoms with van der Waals surface area (Å²) in [5.74, 6) is 3.37. The summed E-state index contributed by atoms with van der Waals surface area (Å²) in [6.45, 7) is 0. The number of allylic oxidation sites excluding steroid dienone is 2. The smallest absolute Gasteiger partial charge is 0.170 e. The molecule has 0 atom stereocenters. The first-order chi connectivity index (χ1) is 6.43. The first kappa shape index (κ1) is 6.78. The molecule has 64 valence electrons. The van der Waals surface area contributed by atoms with Crippen LogP contribution >= 0.6 is 0 Å². The van der Waals surface area contributed by atoms with Gasteiger partial charge in [0, 0.05) is 6.42 Å². The maximum Gasteiger partial charge on any atom is 0.170 e. The molecule has 0 saturated carbocycles. The van der Waals surface area contributed by atoms with E-state index in [2.05, 4.69) is 0 Å². The van der Waals surface area contributed by atoms with Gasteiger partial charge in [0.2, 0.25) is 0 Å². The van der Waals surface area contributed by atoms with E-state index in [0.717, 1.165) is 29.4 Å². The molecule has 13 heavy (non-hydrogen) atoms.